The van der Waals surface area contributed by atoms with Crippen LogP contribution in [0, 0.1) is 17.3 Å². The highest BCUT2D eigenvalue weighted by Gasteiger charge is 2.69. The molecule has 6 rings (SSSR count). The predicted octanol–water partition coefficient (Wildman–Crippen LogP) is 5.08. The monoisotopic (exact) mass is 467 g/mol. The molecular weight excluding hydrogens is 426 g/mol. The molecule has 0 amide bonds. The second-order valence-corrected chi connectivity index (χ2v) is 11.3. The number of carbonyl (C=O) groups is 2. The van der Waals surface area contributed by atoms with E-state index >= 15 is 0 Å². The predicted molar refractivity (Wildman–Crippen MR) is 132 cm³/mol. The van der Waals surface area contributed by atoms with Crippen molar-refractivity contribution in [1.82, 2.24) is 4.90 Å². The number of Topliss-reactive ketones (excluding diaryl/α,β-unsaturated/α-hetero) is 1. The van der Waals surface area contributed by atoms with Gasteiger partial charge < -0.3 is 9.47 Å². The maximum Gasteiger partial charge on any atom is 0.321 e. The first-order valence-electron chi connectivity index (χ1n) is 13.6. The third-order valence-electron chi connectivity index (χ3n) is 9.33. The molecule has 34 heavy (non-hydrogen) atoms. The Morgan fingerprint density at radius 3 is 2.59 bits per heavy atom. The Hall–Kier alpha value is -1.88. The maximum absolute atomic E-state index is 13.9. The van der Waals surface area contributed by atoms with E-state index in [0.717, 1.165) is 38.0 Å². The molecular formula is C29H41NO4. The number of hydrogen-bond acceptors (Lipinski definition) is 5. The first-order valence-corrected chi connectivity index (χ1v) is 13.6. The van der Waals surface area contributed by atoms with Gasteiger partial charge in [0.25, 0.3) is 0 Å². The van der Waals surface area contributed by atoms with Gasteiger partial charge in [-0.2, -0.15) is 0 Å². The molecule has 3 aliphatic carbocycles. The van der Waals surface area contributed by atoms with E-state index in [2.05, 4.69) is 36.9 Å². The summed E-state index contributed by atoms with van der Waals surface area (Å²) in [6.45, 7) is 10.3. The topological polar surface area (TPSA) is 55.8 Å². The van der Waals surface area contributed by atoms with E-state index in [1.165, 1.54) is 24.0 Å². The third kappa shape index (κ3) is 3.61. The zero-order valence-corrected chi connectivity index (χ0v) is 21.4. The molecule has 2 saturated heterocycles. The summed E-state index contributed by atoms with van der Waals surface area (Å²) in [6.07, 6.45) is 7.25. The fraction of sp³-hybridized carbons (Fsp3) is 0.724. The van der Waals surface area contributed by atoms with E-state index in [1.54, 1.807) is 0 Å². The first-order chi connectivity index (χ1) is 16.4. The number of fused-ring (bicyclic) bond motifs is 2. The van der Waals surface area contributed by atoms with Crippen molar-refractivity contribution in [3.63, 3.8) is 0 Å². The molecule has 186 valence electrons. The summed E-state index contributed by atoms with van der Waals surface area (Å²) in [7, 11) is 0. The number of carbonyl (C=O) groups excluding carboxylic acids is 2. The van der Waals surface area contributed by atoms with Crippen molar-refractivity contribution in [1.29, 1.82) is 0 Å². The summed E-state index contributed by atoms with van der Waals surface area (Å²) in [6, 6.07) is 6.90. The standard InChI is InChI=1S/C29H41NO4/c1-5-8-9-26(31)29(27(32)34-7-3)16-23-24-14-20-12-13-21(33-6-2)15-22(20)28(23,4)17-25(29)30(24)18-19-10-11-19/h12-13,15,19,23-25H,5-11,14,16-18H2,1-4H3/t23?,24?,25?,28-,29?/m1/s1. The Balaban J connectivity index is 1.60. The number of nitrogens with zero attached hydrogens (tertiary/aromatic N) is 1. The van der Waals surface area contributed by atoms with Crippen molar-refractivity contribution >= 4 is 11.8 Å². The number of ether oxygens (including phenoxy) is 2. The lowest BCUT2D eigenvalue weighted by Crippen LogP contribution is -2.75. The Morgan fingerprint density at radius 2 is 1.91 bits per heavy atom. The largest absolute Gasteiger partial charge is 0.494 e. The van der Waals surface area contributed by atoms with Crippen LogP contribution in [-0.4, -0.2) is 48.5 Å². The number of unbranched alkanes of at least 4 members (excludes halogenated alkanes) is 1. The summed E-state index contributed by atoms with van der Waals surface area (Å²) >= 11 is 0. The van der Waals surface area contributed by atoms with Crippen LogP contribution in [0.2, 0.25) is 0 Å². The fourth-order valence-electron chi connectivity index (χ4n) is 7.49. The molecule has 1 aromatic rings. The van der Waals surface area contributed by atoms with E-state index in [4.69, 9.17) is 9.47 Å². The molecule has 0 N–H and O–H groups in total. The van der Waals surface area contributed by atoms with Crippen LogP contribution >= 0.6 is 0 Å². The third-order valence-corrected chi connectivity index (χ3v) is 9.33. The first kappa shape index (κ1) is 23.8. The van der Waals surface area contributed by atoms with E-state index < -0.39 is 5.41 Å². The molecule has 5 aliphatic rings. The number of ketones is 1. The van der Waals surface area contributed by atoms with Gasteiger partial charge in [0.05, 0.1) is 13.2 Å². The molecule has 1 aromatic carbocycles. The van der Waals surface area contributed by atoms with Gasteiger partial charge >= 0.3 is 5.97 Å². The number of hydrogen-bond donors (Lipinski definition) is 0. The molecule has 0 radical (unpaired) electrons. The normalized spacial score (nSPS) is 33.9. The van der Waals surface area contributed by atoms with Crippen LogP contribution in [0.25, 0.3) is 0 Å². The van der Waals surface area contributed by atoms with Crippen LogP contribution < -0.4 is 4.74 Å². The Kier molecular flexibility index (Phi) is 6.29. The van der Waals surface area contributed by atoms with Crippen molar-refractivity contribution in [2.75, 3.05) is 19.8 Å². The molecule has 2 aliphatic heterocycles. The number of piperidine rings is 2. The second kappa shape index (κ2) is 8.96. The molecule has 4 unspecified atom stereocenters. The fourth-order valence-corrected chi connectivity index (χ4v) is 7.49. The maximum atomic E-state index is 13.9. The lowest BCUT2D eigenvalue weighted by molar-refractivity contribution is -0.192. The highest BCUT2D eigenvalue weighted by molar-refractivity contribution is 6.05. The number of benzene rings is 1. The van der Waals surface area contributed by atoms with E-state index in [1.807, 2.05) is 13.8 Å². The zero-order valence-electron chi connectivity index (χ0n) is 21.4. The van der Waals surface area contributed by atoms with Crippen LogP contribution in [0.5, 0.6) is 5.75 Å². The van der Waals surface area contributed by atoms with Gasteiger partial charge in [0.1, 0.15) is 11.2 Å². The molecule has 5 atom stereocenters. The minimum atomic E-state index is -1.02. The number of rotatable bonds is 10. The molecule has 0 spiro atoms. The molecule has 4 fully saturated rings. The van der Waals surface area contributed by atoms with Crippen LogP contribution in [0.1, 0.15) is 83.8 Å². The second-order valence-electron chi connectivity index (χ2n) is 11.3. The molecule has 4 bridgehead atoms. The summed E-state index contributed by atoms with van der Waals surface area (Å²) in [5, 5.41) is 0. The van der Waals surface area contributed by atoms with Crippen molar-refractivity contribution in [3.8, 4) is 5.75 Å². The van der Waals surface area contributed by atoms with Gasteiger partial charge in [0.2, 0.25) is 0 Å². The average Bonchev–Trinajstić information content (AvgIpc) is 3.64. The van der Waals surface area contributed by atoms with Crippen molar-refractivity contribution in [3.05, 3.63) is 29.3 Å². The van der Waals surface area contributed by atoms with E-state index in [0.29, 0.717) is 38.0 Å². The van der Waals surface area contributed by atoms with Crippen LogP contribution in [0.15, 0.2) is 18.2 Å². The van der Waals surface area contributed by atoms with Crippen LogP contribution in [0.3, 0.4) is 0 Å². The van der Waals surface area contributed by atoms with E-state index in [-0.39, 0.29) is 29.1 Å². The smallest absolute Gasteiger partial charge is 0.321 e. The summed E-state index contributed by atoms with van der Waals surface area (Å²) in [4.78, 5) is 30.2. The van der Waals surface area contributed by atoms with Crippen molar-refractivity contribution in [2.24, 2.45) is 17.3 Å². The summed E-state index contributed by atoms with van der Waals surface area (Å²) in [5.41, 5.74) is 1.70. The van der Waals surface area contributed by atoms with Crippen LogP contribution in [-0.2, 0) is 26.2 Å². The van der Waals surface area contributed by atoms with Gasteiger partial charge in [0.15, 0.2) is 5.78 Å². The quantitative estimate of drug-likeness (QED) is 0.355. The van der Waals surface area contributed by atoms with Gasteiger partial charge in [-0.1, -0.05) is 26.3 Å². The van der Waals surface area contributed by atoms with Crippen LogP contribution in [0.4, 0.5) is 0 Å². The highest BCUT2D eigenvalue weighted by Crippen LogP contribution is 2.63. The van der Waals surface area contributed by atoms with Gasteiger partial charge in [-0.05, 0) is 92.9 Å². The summed E-state index contributed by atoms with van der Waals surface area (Å²) in [5.74, 6) is 1.74. The minimum Gasteiger partial charge on any atom is -0.494 e. The van der Waals surface area contributed by atoms with Crippen molar-refractivity contribution < 1.29 is 19.1 Å². The Labute approximate surface area is 204 Å². The van der Waals surface area contributed by atoms with Gasteiger partial charge in [-0.15, -0.1) is 0 Å². The Morgan fingerprint density at radius 1 is 1.12 bits per heavy atom. The van der Waals surface area contributed by atoms with E-state index in [9.17, 15) is 9.59 Å². The lowest BCUT2D eigenvalue weighted by Gasteiger charge is -2.67. The molecule has 2 heterocycles. The minimum absolute atomic E-state index is 0.0584. The average molecular weight is 468 g/mol. The molecule has 2 saturated carbocycles. The van der Waals surface area contributed by atoms with Gasteiger partial charge in [-0.3, -0.25) is 14.5 Å². The summed E-state index contributed by atoms with van der Waals surface area (Å²) < 4.78 is 11.5. The Bertz CT molecular complexity index is 955. The SMILES string of the molecule is CCCCC(=O)C1(C(=O)OCC)CC2C3Cc4ccc(OCC)cc4[C@@]2(C)CC1N3CC1CC1. The highest BCUT2D eigenvalue weighted by atomic mass is 16.5. The lowest BCUT2D eigenvalue weighted by atomic mass is 9.45. The van der Waals surface area contributed by atoms with Crippen molar-refractivity contribution in [2.45, 2.75) is 96.6 Å². The van der Waals surface area contributed by atoms with Gasteiger partial charge in [-0.25, -0.2) is 0 Å². The molecule has 5 nitrogen and oxygen atoms in total. The molecule has 0 aromatic heterocycles. The zero-order chi connectivity index (χ0) is 24.1. The van der Waals surface area contributed by atoms with Gasteiger partial charge in [0, 0.05) is 25.0 Å². The number of esters is 1. The molecule has 5 heteroatoms.